The summed E-state index contributed by atoms with van der Waals surface area (Å²) in [5.41, 5.74) is 3.93. The number of hydrogen-bond donors (Lipinski definition) is 0. The van der Waals surface area contributed by atoms with Crippen molar-refractivity contribution in [3.05, 3.63) is 77.4 Å². The largest absolute Gasteiger partial charge is 0.497 e. The Balaban J connectivity index is 1.73. The van der Waals surface area contributed by atoms with Gasteiger partial charge in [0.25, 0.3) is 0 Å². The molecule has 0 saturated carbocycles. The van der Waals surface area contributed by atoms with Crippen molar-refractivity contribution >= 4 is 11.8 Å². The fourth-order valence-corrected chi connectivity index (χ4v) is 5.43. The number of rotatable bonds is 9. The molecule has 0 bridgehead atoms. The Labute approximate surface area is 192 Å². The van der Waals surface area contributed by atoms with Gasteiger partial charge in [-0.15, -0.1) is 11.8 Å². The molecule has 3 rings (SSSR count). The van der Waals surface area contributed by atoms with E-state index in [1.807, 2.05) is 17.8 Å². The minimum atomic E-state index is -0.176. The van der Waals surface area contributed by atoms with E-state index < -0.39 is 0 Å². The van der Waals surface area contributed by atoms with Crippen LogP contribution >= 0.6 is 11.8 Å². The second kappa shape index (κ2) is 10.9. The second-order valence-corrected chi connectivity index (χ2v) is 10.3. The SMILES string of the molecule is COc1ccc2c(c1)C(Sc1ccccc1)C[C@@](C)(CC/C=C(\C)CCC=C(C)C)O2. The predicted molar refractivity (Wildman–Crippen MR) is 133 cm³/mol. The van der Waals surface area contributed by atoms with Crippen LogP contribution in [0.15, 0.2) is 76.7 Å². The van der Waals surface area contributed by atoms with Crippen molar-refractivity contribution in [1.29, 1.82) is 0 Å². The minimum Gasteiger partial charge on any atom is -0.497 e. The van der Waals surface area contributed by atoms with Gasteiger partial charge in [0.1, 0.15) is 17.1 Å². The summed E-state index contributed by atoms with van der Waals surface area (Å²) < 4.78 is 12.1. The molecule has 0 radical (unpaired) electrons. The molecule has 31 heavy (non-hydrogen) atoms. The zero-order valence-corrected chi connectivity index (χ0v) is 20.4. The van der Waals surface area contributed by atoms with Gasteiger partial charge in [0.2, 0.25) is 0 Å². The standard InChI is InChI=1S/C28H36O2S/c1-21(2)11-9-12-22(3)13-10-18-28(4)20-27(31-24-14-7-6-8-15-24)25-19-23(29-5)16-17-26(25)30-28/h6-8,11,13-17,19,27H,9-10,12,18,20H2,1-5H3/b22-13+/t27?,28-/m1/s1. The Kier molecular flexibility index (Phi) is 8.31. The smallest absolute Gasteiger partial charge is 0.124 e. The van der Waals surface area contributed by atoms with E-state index in [0.717, 1.165) is 43.6 Å². The van der Waals surface area contributed by atoms with Gasteiger partial charge in [0.15, 0.2) is 0 Å². The van der Waals surface area contributed by atoms with Crippen LogP contribution in [-0.4, -0.2) is 12.7 Å². The third kappa shape index (κ3) is 6.93. The Hall–Kier alpha value is -2.13. The van der Waals surface area contributed by atoms with Crippen LogP contribution < -0.4 is 9.47 Å². The van der Waals surface area contributed by atoms with E-state index in [2.05, 4.69) is 82.3 Å². The van der Waals surface area contributed by atoms with Crippen molar-refractivity contribution in [2.75, 3.05) is 7.11 Å². The number of ether oxygens (including phenoxy) is 2. The molecule has 0 saturated heterocycles. The Morgan fingerprint density at radius 2 is 1.87 bits per heavy atom. The minimum absolute atomic E-state index is 0.176. The van der Waals surface area contributed by atoms with E-state index in [-0.39, 0.29) is 5.60 Å². The summed E-state index contributed by atoms with van der Waals surface area (Å²) in [6.45, 7) is 8.85. The maximum absolute atomic E-state index is 6.57. The first-order chi connectivity index (χ1) is 14.9. The lowest BCUT2D eigenvalue weighted by molar-refractivity contribution is 0.0559. The maximum atomic E-state index is 6.57. The summed E-state index contributed by atoms with van der Waals surface area (Å²) in [7, 11) is 1.72. The van der Waals surface area contributed by atoms with Gasteiger partial charge in [-0.25, -0.2) is 0 Å². The molecule has 2 aromatic rings. The number of allylic oxidation sites excluding steroid dienone is 4. The van der Waals surface area contributed by atoms with Gasteiger partial charge < -0.3 is 9.47 Å². The number of thioether (sulfide) groups is 1. The molecular formula is C28H36O2S. The molecule has 2 aromatic carbocycles. The highest BCUT2D eigenvalue weighted by Gasteiger charge is 2.37. The summed E-state index contributed by atoms with van der Waals surface area (Å²) in [6, 6.07) is 16.9. The summed E-state index contributed by atoms with van der Waals surface area (Å²) in [5, 5.41) is 0.342. The van der Waals surface area contributed by atoms with Crippen LogP contribution in [0.2, 0.25) is 0 Å². The molecular weight excluding hydrogens is 400 g/mol. The molecule has 0 spiro atoms. The molecule has 1 aliphatic rings. The van der Waals surface area contributed by atoms with Gasteiger partial charge in [-0.3, -0.25) is 0 Å². The highest BCUT2D eigenvalue weighted by atomic mass is 32.2. The summed E-state index contributed by atoms with van der Waals surface area (Å²) in [6.07, 6.45) is 10.0. The third-order valence-electron chi connectivity index (χ3n) is 5.82. The molecule has 0 aliphatic carbocycles. The summed E-state index contributed by atoms with van der Waals surface area (Å²) >= 11 is 1.92. The molecule has 2 nitrogen and oxygen atoms in total. The number of hydrogen-bond acceptors (Lipinski definition) is 3. The van der Waals surface area contributed by atoms with Crippen LogP contribution in [-0.2, 0) is 0 Å². The first-order valence-corrected chi connectivity index (χ1v) is 12.1. The van der Waals surface area contributed by atoms with Crippen molar-refractivity contribution < 1.29 is 9.47 Å². The molecule has 3 heteroatoms. The van der Waals surface area contributed by atoms with E-state index in [0.29, 0.717) is 5.25 Å². The third-order valence-corrected chi connectivity index (χ3v) is 7.07. The van der Waals surface area contributed by atoms with Crippen molar-refractivity contribution in [2.24, 2.45) is 0 Å². The second-order valence-electron chi connectivity index (χ2n) is 8.99. The quantitative estimate of drug-likeness (QED) is 0.367. The fraction of sp³-hybridized carbons (Fsp3) is 0.429. The van der Waals surface area contributed by atoms with Crippen LogP contribution in [0.5, 0.6) is 11.5 Å². The van der Waals surface area contributed by atoms with Crippen molar-refractivity contribution in [2.45, 2.75) is 75.5 Å². The van der Waals surface area contributed by atoms with Gasteiger partial charge in [0, 0.05) is 22.1 Å². The van der Waals surface area contributed by atoms with Crippen LogP contribution in [0.4, 0.5) is 0 Å². The lowest BCUT2D eigenvalue weighted by Crippen LogP contribution is -2.37. The zero-order valence-electron chi connectivity index (χ0n) is 19.6. The molecule has 166 valence electrons. The highest BCUT2D eigenvalue weighted by Crippen LogP contribution is 2.51. The highest BCUT2D eigenvalue weighted by molar-refractivity contribution is 7.99. The van der Waals surface area contributed by atoms with E-state index in [4.69, 9.17) is 9.47 Å². The maximum Gasteiger partial charge on any atom is 0.124 e. The molecule has 0 fully saturated rings. The molecule has 1 unspecified atom stereocenters. The fourth-order valence-electron chi connectivity index (χ4n) is 4.04. The lowest BCUT2D eigenvalue weighted by Gasteiger charge is -2.40. The predicted octanol–water partition coefficient (Wildman–Crippen LogP) is 8.54. The van der Waals surface area contributed by atoms with Crippen LogP contribution in [0.1, 0.15) is 70.6 Å². The first-order valence-electron chi connectivity index (χ1n) is 11.3. The Morgan fingerprint density at radius 1 is 1.10 bits per heavy atom. The Bertz CT molecular complexity index is 912. The van der Waals surface area contributed by atoms with E-state index in [1.54, 1.807) is 7.11 Å². The van der Waals surface area contributed by atoms with Gasteiger partial charge in [-0.1, -0.05) is 41.5 Å². The van der Waals surface area contributed by atoms with Gasteiger partial charge in [0.05, 0.1) is 7.11 Å². The lowest BCUT2D eigenvalue weighted by atomic mass is 9.88. The summed E-state index contributed by atoms with van der Waals surface area (Å²) in [4.78, 5) is 1.29. The van der Waals surface area contributed by atoms with Gasteiger partial charge >= 0.3 is 0 Å². The molecule has 1 heterocycles. The van der Waals surface area contributed by atoms with Crippen molar-refractivity contribution in [1.82, 2.24) is 0 Å². The van der Waals surface area contributed by atoms with Gasteiger partial charge in [-0.05, 0) is 83.7 Å². The van der Waals surface area contributed by atoms with Crippen molar-refractivity contribution in [3.8, 4) is 11.5 Å². The topological polar surface area (TPSA) is 18.5 Å². The Morgan fingerprint density at radius 3 is 2.58 bits per heavy atom. The van der Waals surface area contributed by atoms with Crippen LogP contribution in [0, 0.1) is 0 Å². The molecule has 0 aromatic heterocycles. The van der Waals surface area contributed by atoms with Crippen LogP contribution in [0.3, 0.4) is 0 Å². The molecule has 1 aliphatic heterocycles. The first kappa shape index (κ1) is 23.5. The molecule has 0 N–H and O–H groups in total. The molecule has 2 atom stereocenters. The van der Waals surface area contributed by atoms with E-state index in [9.17, 15) is 0 Å². The molecule has 0 amide bonds. The van der Waals surface area contributed by atoms with Gasteiger partial charge in [-0.2, -0.15) is 0 Å². The number of benzene rings is 2. The van der Waals surface area contributed by atoms with Crippen LogP contribution in [0.25, 0.3) is 0 Å². The average Bonchev–Trinajstić information content (AvgIpc) is 2.74. The summed E-state index contributed by atoms with van der Waals surface area (Å²) in [5.74, 6) is 1.88. The number of fused-ring (bicyclic) bond motifs is 1. The van der Waals surface area contributed by atoms with E-state index in [1.165, 1.54) is 21.6 Å². The van der Waals surface area contributed by atoms with Crippen molar-refractivity contribution in [3.63, 3.8) is 0 Å². The average molecular weight is 437 g/mol. The monoisotopic (exact) mass is 436 g/mol. The number of methoxy groups -OCH3 is 1. The zero-order chi connectivity index (χ0) is 22.3. The normalized spacial score (nSPS) is 20.5. The van der Waals surface area contributed by atoms with E-state index >= 15 is 0 Å².